The van der Waals surface area contributed by atoms with Gasteiger partial charge in [0, 0.05) is 29.5 Å². The third-order valence-electron chi connectivity index (χ3n) is 7.26. The van der Waals surface area contributed by atoms with Crippen LogP contribution in [0.15, 0.2) is 90.1 Å². The molecule has 0 aliphatic carbocycles. The molecule has 3 aromatic carbocycles. The van der Waals surface area contributed by atoms with E-state index in [0.29, 0.717) is 16.9 Å². The zero-order valence-electron chi connectivity index (χ0n) is 21.3. The van der Waals surface area contributed by atoms with E-state index in [4.69, 9.17) is 5.10 Å². The van der Waals surface area contributed by atoms with Crippen LogP contribution >= 0.6 is 0 Å². The Morgan fingerprint density at radius 1 is 0.703 bits per heavy atom. The van der Waals surface area contributed by atoms with Crippen LogP contribution in [0, 0.1) is 27.7 Å². The van der Waals surface area contributed by atoms with Crippen molar-refractivity contribution in [1.29, 1.82) is 0 Å². The molecule has 0 saturated heterocycles. The molecule has 0 atom stereocenters. The molecule has 5 nitrogen and oxygen atoms in total. The first-order chi connectivity index (χ1) is 17.9. The molecule has 5 heteroatoms. The third kappa shape index (κ3) is 3.80. The molecule has 0 radical (unpaired) electrons. The minimum Gasteiger partial charge on any atom is -0.267 e. The van der Waals surface area contributed by atoms with Gasteiger partial charge in [-0.25, -0.2) is 4.98 Å². The average molecular weight is 483 g/mol. The highest BCUT2D eigenvalue weighted by Gasteiger charge is 2.16. The summed E-state index contributed by atoms with van der Waals surface area (Å²) in [7, 11) is 0. The van der Waals surface area contributed by atoms with Crippen molar-refractivity contribution in [3.63, 3.8) is 0 Å². The quantitative estimate of drug-likeness (QED) is 0.275. The Morgan fingerprint density at radius 3 is 2.24 bits per heavy atom. The summed E-state index contributed by atoms with van der Waals surface area (Å²) < 4.78 is 1.41. The molecular weight excluding hydrogens is 456 g/mol. The molecule has 0 amide bonds. The van der Waals surface area contributed by atoms with Gasteiger partial charge in [-0.05, 0) is 102 Å². The summed E-state index contributed by atoms with van der Waals surface area (Å²) in [5.41, 5.74) is 8.45. The van der Waals surface area contributed by atoms with Gasteiger partial charge in [0.2, 0.25) is 0 Å². The van der Waals surface area contributed by atoms with E-state index >= 15 is 0 Å². The van der Waals surface area contributed by atoms with Gasteiger partial charge in [-0.1, -0.05) is 36.4 Å². The van der Waals surface area contributed by atoms with Crippen molar-refractivity contribution >= 4 is 21.5 Å². The van der Waals surface area contributed by atoms with E-state index in [1.807, 2.05) is 48.5 Å². The SMILES string of the molecule is Cc1cc2cc(C)c(C)c(-c3ccnc(-n4nc(-c5cccnc5)c5ccccc5c4=O)c3)c2cc1C. The third-order valence-corrected chi connectivity index (χ3v) is 7.26. The van der Waals surface area contributed by atoms with Gasteiger partial charge in [-0.15, -0.1) is 0 Å². The Kier molecular flexibility index (Phi) is 5.41. The summed E-state index contributed by atoms with van der Waals surface area (Å²) in [6, 6.07) is 22.1. The van der Waals surface area contributed by atoms with Crippen molar-refractivity contribution in [3.05, 3.63) is 118 Å². The lowest BCUT2D eigenvalue weighted by atomic mass is 9.89. The lowest BCUT2D eigenvalue weighted by Crippen LogP contribution is -2.23. The maximum Gasteiger partial charge on any atom is 0.280 e. The number of nitrogens with zero attached hydrogens (tertiary/aromatic N) is 4. The van der Waals surface area contributed by atoms with Crippen LogP contribution in [0.25, 0.3) is 49.7 Å². The predicted molar refractivity (Wildman–Crippen MR) is 150 cm³/mol. The molecule has 37 heavy (non-hydrogen) atoms. The van der Waals surface area contributed by atoms with Crippen molar-refractivity contribution in [2.45, 2.75) is 27.7 Å². The van der Waals surface area contributed by atoms with Gasteiger partial charge in [0.1, 0.15) is 5.69 Å². The molecule has 6 rings (SSSR count). The number of hydrogen-bond acceptors (Lipinski definition) is 4. The smallest absolute Gasteiger partial charge is 0.267 e. The molecular formula is C32H26N4O. The highest BCUT2D eigenvalue weighted by atomic mass is 16.1. The van der Waals surface area contributed by atoms with Gasteiger partial charge in [-0.3, -0.25) is 9.78 Å². The fraction of sp³-hybridized carbons (Fsp3) is 0.125. The van der Waals surface area contributed by atoms with Crippen molar-refractivity contribution in [2.24, 2.45) is 0 Å². The van der Waals surface area contributed by atoms with Crippen LogP contribution < -0.4 is 5.56 Å². The zero-order chi connectivity index (χ0) is 25.7. The van der Waals surface area contributed by atoms with E-state index in [9.17, 15) is 4.79 Å². The molecule has 0 saturated carbocycles. The predicted octanol–water partition coefficient (Wildman–Crippen LogP) is 6.90. The molecule has 0 spiro atoms. The Balaban J connectivity index is 1.62. The summed E-state index contributed by atoms with van der Waals surface area (Å²) in [6.07, 6.45) is 5.25. The fourth-order valence-electron chi connectivity index (χ4n) is 5.04. The summed E-state index contributed by atoms with van der Waals surface area (Å²) in [6.45, 7) is 8.58. The van der Waals surface area contributed by atoms with Gasteiger partial charge in [0.15, 0.2) is 5.82 Å². The highest BCUT2D eigenvalue weighted by molar-refractivity contribution is 6.00. The van der Waals surface area contributed by atoms with Gasteiger partial charge in [0.25, 0.3) is 5.56 Å². The number of rotatable bonds is 3. The molecule has 0 bridgehead atoms. The van der Waals surface area contributed by atoms with Crippen LogP contribution in [-0.4, -0.2) is 19.7 Å². The minimum atomic E-state index is -0.204. The Bertz CT molecular complexity index is 1880. The summed E-state index contributed by atoms with van der Waals surface area (Å²) >= 11 is 0. The Hall–Kier alpha value is -4.64. The first-order valence-electron chi connectivity index (χ1n) is 12.3. The molecule has 0 unspecified atom stereocenters. The molecule has 0 fully saturated rings. The van der Waals surface area contributed by atoms with Crippen LogP contribution in [-0.2, 0) is 0 Å². The minimum absolute atomic E-state index is 0.204. The Morgan fingerprint density at radius 2 is 1.46 bits per heavy atom. The van der Waals surface area contributed by atoms with Crippen molar-refractivity contribution in [3.8, 4) is 28.2 Å². The van der Waals surface area contributed by atoms with Crippen LogP contribution in [0.2, 0.25) is 0 Å². The molecule has 0 aliphatic heterocycles. The Labute approximate surface area is 215 Å². The number of pyridine rings is 2. The second-order valence-corrected chi connectivity index (χ2v) is 9.61. The number of aryl methyl sites for hydroxylation is 3. The van der Waals surface area contributed by atoms with Gasteiger partial charge < -0.3 is 0 Å². The standard InChI is InChI=1S/C32H26N4O/c1-19-14-25-15-21(3)22(4)30(28(25)16-20(19)2)23-11-13-34-29(17-23)36-32(37)27-10-6-5-9-26(27)31(35-36)24-8-7-12-33-18-24/h5-18H,1-4H3. The topological polar surface area (TPSA) is 60.7 Å². The van der Waals surface area contributed by atoms with Crippen molar-refractivity contribution < 1.29 is 0 Å². The number of hydrogen-bond donors (Lipinski definition) is 0. The maximum absolute atomic E-state index is 13.6. The zero-order valence-corrected chi connectivity index (χ0v) is 21.3. The van der Waals surface area contributed by atoms with Crippen LogP contribution in [0.5, 0.6) is 0 Å². The van der Waals surface area contributed by atoms with Crippen LogP contribution in [0.3, 0.4) is 0 Å². The molecule has 0 N–H and O–H groups in total. The van der Waals surface area contributed by atoms with Crippen LogP contribution in [0.4, 0.5) is 0 Å². The monoisotopic (exact) mass is 482 g/mol. The second kappa shape index (κ2) is 8.79. The summed E-state index contributed by atoms with van der Waals surface area (Å²) in [5, 5.41) is 8.59. The van der Waals surface area contributed by atoms with Crippen molar-refractivity contribution in [1.82, 2.24) is 19.7 Å². The number of fused-ring (bicyclic) bond motifs is 2. The molecule has 3 aromatic heterocycles. The van der Waals surface area contributed by atoms with Crippen LogP contribution in [0.1, 0.15) is 22.3 Å². The van der Waals surface area contributed by atoms with Crippen molar-refractivity contribution in [2.75, 3.05) is 0 Å². The van der Waals surface area contributed by atoms with Gasteiger partial charge in [0.05, 0.1) is 5.39 Å². The second-order valence-electron chi connectivity index (χ2n) is 9.61. The number of benzene rings is 3. The molecule has 180 valence electrons. The summed E-state index contributed by atoms with van der Waals surface area (Å²) in [5.74, 6) is 0.483. The van der Waals surface area contributed by atoms with Gasteiger partial charge in [-0.2, -0.15) is 9.78 Å². The van der Waals surface area contributed by atoms with E-state index in [1.165, 1.54) is 37.7 Å². The van der Waals surface area contributed by atoms with E-state index in [2.05, 4.69) is 55.9 Å². The fourth-order valence-corrected chi connectivity index (χ4v) is 5.04. The highest BCUT2D eigenvalue weighted by Crippen LogP contribution is 2.36. The maximum atomic E-state index is 13.6. The van der Waals surface area contributed by atoms with E-state index in [0.717, 1.165) is 22.1 Å². The van der Waals surface area contributed by atoms with Gasteiger partial charge >= 0.3 is 0 Å². The average Bonchev–Trinajstić information content (AvgIpc) is 2.92. The lowest BCUT2D eigenvalue weighted by molar-refractivity contribution is 0.799. The first-order valence-corrected chi connectivity index (χ1v) is 12.3. The van der Waals surface area contributed by atoms with E-state index in [1.54, 1.807) is 18.6 Å². The lowest BCUT2D eigenvalue weighted by Gasteiger charge is -2.16. The summed E-state index contributed by atoms with van der Waals surface area (Å²) in [4.78, 5) is 22.5. The molecule has 3 heterocycles. The normalized spacial score (nSPS) is 11.4. The van der Waals surface area contributed by atoms with E-state index < -0.39 is 0 Å². The molecule has 6 aromatic rings. The number of aromatic nitrogens is 4. The molecule has 0 aliphatic rings. The van der Waals surface area contributed by atoms with E-state index in [-0.39, 0.29) is 5.56 Å². The first kappa shape index (κ1) is 22.8. The largest absolute Gasteiger partial charge is 0.280 e.